The van der Waals surface area contributed by atoms with Gasteiger partial charge in [-0.2, -0.15) is 0 Å². The van der Waals surface area contributed by atoms with Gasteiger partial charge in [0.25, 0.3) is 5.91 Å². The molecule has 1 heterocycles. The summed E-state index contributed by atoms with van der Waals surface area (Å²) in [4.78, 5) is 36.3. The molecule has 0 saturated heterocycles. The molecule has 1 amide bonds. The molecular formula is C22H21NO5. The summed E-state index contributed by atoms with van der Waals surface area (Å²) in [6, 6.07) is 16.0. The second kappa shape index (κ2) is 8.52. The maximum absolute atomic E-state index is 12.3. The van der Waals surface area contributed by atoms with Gasteiger partial charge in [-0.15, -0.1) is 0 Å². The first-order valence-electron chi connectivity index (χ1n) is 8.94. The number of hydrogen-bond acceptors (Lipinski definition) is 5. The van der Waals surface area contributed by atoms with Gasteiger partial charge < -0.3 is 14.5 Å². The number of carbonyl (C=O) groups excluding carboxylic acids is 3. The number of rotatable bonds is 7. The average molecular weight is 379 g/mol. The van der Waals surface area contributed by atoms with Crippen LogP contribution < -0.4 is 5.32 Å². The normalized spacial score (nSPS) is 11.8. The monoisotopic (exact) mass is 379 g/mol. The first kappa shape index (κ1) is 19.4. The Hall–Kier alpha value is -3.41. The van der Waals surface area contributed by atoms with Crippen LogP contribution in [-0.4, -0.2) is 30.3 Å². The van der Waals surface area contributed by atoms with Crippen LogP contribution in [0.3, 0.4) is 0 Å². The molecule has 0 fully saturated rings. The van der Waals surface area contributed by atoms with E-state index in [-0.39, 0.29) is 11.5 Å². The van der Waals surface area contributed by atoms with Crippen molar-refractivity contribution in [2.45, 2.75) is 26.3 Å². The summed E-state index contributed by atoms with van der Waals surface area (Å²) in [6.07, 6.45) is 0.374. The number of furan rings is 1. The molecule has 0 aliphatic rings. The Balaban J connectivity index is 1.59. The standard InChI is InChI=1S/C22H21NO5/c1-14-17-10-6-7-11-19(17)28-21(14)22(26)27-13-20(25)23-18(15(2)24)12-16-8-4-3-5-9-16/h3-11,18H,12-13H2,1-2H3,(H,23,25)/t18-/m1/s1. The van der Waals surface area contributed by atoms with Gasteiger partial charge in [0.15, 0.2) is 12.4 Å². The van der Waals surface area contributed by atoms with Crippen LogP contribution in [0.4, 0.5) is 0 Å². The predicted molar refractivity (Wildman–Crippen MR) is 104 cm³/mol. The number of aryl methyl sites for hydroxylation is 1. The lowest BCUT2D eigenvalue weighted by Gasteiger charge is -2.16. The highest BCUT2D eigenvalue weighted by atomic mass is 16.5. The molecule has 1 aromatic heterocycles. The minimum atomic E-state index is -0.716. The topological polar surface area (TPSA) is 85.6 Å². The van der Waals surface area contributed by atoms with Crippen molar-refractivity contribution in [3.63, 3.8) is 0 Å². The fourth-order valence-corrected chi connectivity index (χ4v) is 2.95. The van der Waals surface area contributed by atoms with E-state index in [2.05, 4.69) is 5.32 Å². The van der Waals surface area contributed by atoms with Crippen LogP contribution in [-0.2, 0) is 20.7 Å². The fourth-order valence-electron chi connectivity index (χ4n) is 2.95. The number of fused-ring (bicyclic) bond motifs is 1. The van der Waals surface area contributed by atoms with Gasteiger partial charge in [0.1, 0.15) is 5.58 Å². The highest BCUT2D eigenvalue weighted by Gasteiger charge is 2.22. The van der Waals surface area contributed by atoms with E-state index in [1.807, 2.05) is 48.5 Å². The van der Waals surface area contributed by atoms with Crippen LogP contribution in [0.25, 0.3) is 11.0 Å². The number of ketones is 1. The molecule has 0 bridgehead atoms. The zero-order chi connectivity index (χ0) is 20.1. The van der Waals surface area contributed by atoms with E-state index in [0.29, 0.717) is 17.6 Å². The Labute approximate surface area is 162 Å². The third kappa shape index (κ3) is 4.46. The highest BCUT2D eigenvalue weighted by molar-refractivity contribution is 5.97. The molecule has 0 saturated carbocycles. The number of Topliss-reactive ketones (excluding diaryl/α,β-unsaturated/α-hetero) is 1. The molecule has 28 heavy (non-hydrogen) atoms. The van der Waals surface area contributed by atoms with Gasteiger partial charge in [0.05, 0.1) is 6.04 Å². The van der Waals surface area contributed by atoms with Crippen molar-refractivity contribution in [1.29, 1.82) is 0 Å². The van der Waals surface area contributed by atoms with Gasteiger partial charge in [-0.1, -0.05) is 48.5 Å². The molecule has 144 valence electrons. The number of benzene rings is 2. The average Bonchev–Trinajstić information content (AvgIpc) is 3.03. The summed E-state index contributed by atoms with van der Waals surface area (Å²) in [5, 5.41) is 3.43. The van der Waals surface area contributed by atoms with Crippen molar-refractivity contribution in [2.24, 2.45) is 0 Å². The zero-order valence-corrected chi connectivity index (χ0v) is 15.7. The number of esters is 1. The molecule has 6 nitrogen and oxygen atoms in total. The van der Waals surface area contributed by atoms with Gasteiger partial charge in [-0.3, -0.25) is 9.59 Å². The number of para-hydroxylation sites is 1. The summed E-state index contributed by atoms with van der Waals surface area (Å²) in [7, 11) is 0. The minimum absolute atomic E-state index is 0.0707. The molecule has 3 rings (SSSR count). The van der Waals surface area contributed by atoms with Crippen LogP contribution in [0.1, 0.15) is 28.6 Å². The molecule has 0 aliphatic heterocycles. The maximum atomic E-state index is 12.3. The Morgan fingerprint density at radius 2 is 1.71 bits per heavy atom. The van der Waals surface area contributed by atoms with Gasteiger partial charge in [-0.25, -0.2) is 4.79 Å². The van der Waals surface area contributed by atoms with Crippen LogP contribution in [0.5, 0.6) is 0 Å². The second-order valence-electron chi connectivity index (χ2n) is 6.55. The van der Waals surface area contributed by atoms with Gasteiger partial charge in [0.2, 0.25) is 5.76 Å². The Morgan fingerprint density at radius 1 is 1.04 bits per heavy atom. The first-order chi connectivity index (χ1) is 13.5. The molecular weight excluding hydrogens is 358 g/mol. The summed E-state index contributed by atoms with van der Waals surface area (Å²) in [6.45, 7) is 2.68. The van der Waals surface area contributed by atoms with E-state index in [0.717, 1.165) is 10.9 Å². The summed E-state index contributed by atoms with van der Waals surface area (Å²) in [5.41, 5.74) is 2.17. The van der Waals surface area contributed by atoms with Gasteiger partial charge in [-0.05, 0) is 31.9 Å². The van der Waals surface area contributed by atoms with Crippen molar-refractivity contribution < 1.29 is 23.5 Å². The smallest absolute Gasteiger partial charge is 0.375 e. The van der Waals surface area contributed by atoms with Crippen LogP contribution in [0.2, 0.25) is 0 Å². The van der Waals surface area contributed by atoms with E-state index in [1.54, 1.807) is 13.0 Å². The Kier molecular flexibility index (Phi) is 5.89. The molecule has 3 aromatic rings. The SMILES string of the molecule is CC(=O)[C@@H](Cc1ccccc1)NC(=O)COC(=O)c1oc2ccccc2c1C. The summed E-state index contributed by atoms with van der Waals surface area (Å²) >= 11 is 0. The van der Waals surface area contributed by atoms with Crippen LogP contribution in [0, 0.1) is 6.92 Å². The lowest BCUT2D eigenvalue weighted by atomic mass is 10.0. The van der Waals surface area contributed by atoms with E-state index in [1.165, 1.54) is 6.92 Å². The van der Waals surface area contributed by atoms with Crippen molar-refractivity contribution in [1.82, 2.24) is 5.32 Å². The van der Waals surface area contributed by atoms with E-state index < -0.39 is 24.5 Å². The Bertz CT molecular complexity index is 1010. The molecule has 0 unspecified atom stereocenters. The number of carbonyl (C=O) groups is 3. The van der Waals surface area contributed by atoms with Crippen LogP contribution in [0.15, 0.2) is 59.0 Å². The van der Waals surface area contributed by atoms with Crippen LogP contribution >= 0.6 is 0 Å². The predicted octanol–water partition coefficient (Wildman–Crippen LogP) is 3.21. The van der Waals surface area contributed by atoms with Gasteiger partial charge in [0, 0.05) is 10.9 Å². The molecule has 6 heteroatoms. The zero-order valence-electron chi connectivity index (χ0n) is 15.7. The minimum Gasteiger partial charge on any atom is -0.450 e. The summed E-state index contributed by atoms with van der Waals surface area (Å²) < 4.78 is 10.6. The highest BCUT2D eigenvalue weighted by Crippen LogP contribution is 2.25. The maximum Gasteiger partial charge on any atom is 0.375 e. The van der Waals surface area contributed by atoms with Crippen molar-refractivity contribution in [3.8, 4) is 0 Å². The molecule has 0 radical (unpaired) electrons. The third-order valence-corrected chi connectivity index (χ3v) is 4.47. The lowest BCUT2D eigenvalue weighted by Crippen LogP contribution is -2.43. The van der Waals surface area contributed by atoms with Crippen molar-refractivity contribution in [2.75, 3.05) is 6.61 Å². The largest absolute Gasteiger partial charge is 0.450 e. The number of amides is 1. The summed E-state index contributed by atoms with van der Waals surface area (Å²) in [5.74, 6) is -1.36. The van der Waals surface area contributed by atoms with Crippen molar-refractivity contribution in [3.05, 3.63) is 71.5 Å². The molecule has 0 aliphatic carbocycles. The molecule has 2 aromatic carbocycles. The van der Waals surface area contributed by atoms with E-state index >= 15 is 0 Å². The van der Waals surface area contributed by atoms with Crippen molar-refractivity contribution >= 4 is 28.6 Å². The number of hydrogen-bond donors (Lipinski definition) is 1. The quantitative estimate of drug-likeness (QED) is 0.637. The molecule has 0 spiro atoms. The number of nitrogens with one attached hydrogen (secondary N) is 1. The van der Waals surface area contributed by atoms with E-state index in [9.17, 15) is 14.4 Å². The molecule has 1 N–H and O–H groups in total. The fraction of sp³-hybridized carbons (Fsp3) is 0.227. The second-order valence-corrected chi connectivity index (χ2v) is 6.55. The first-order valence-corrected chi connectivity index (χ1v) is 8.94. The van der Waals surface area contributed by atoms with Gasteiger partial charge >= 0.3 is 5.97 Å². The number of ether oxygens (including phenoxy) is 1. The van der Waals surface area contributed by atoms with E-state index in [4.69, 9.17) is 9.15 Å². The molecule has 1 atom stereocenters. The third-order valence-electron chi connectivity index (χ3n) is 4.47. The Morgan fingerprint density at radius 3 is 2.39 bits per heavy atom. The lowest BCUT2D eigenvalue weighted by molar-refractivity contribution is -0.128.